The summed E-state index contributed by atoms with van der Waals surface area (Å²) in [7, 11) is 0. The van der Waals surface area contributed by atoms with Gasteiger partial charge in [-0.3, -0.25) is 4.79 Å². The second-order valence-electron chi connectivity index (χ2n) is 5.88. The highest BCUT2D eigenvalue weighted by molar-refractivity contribution is 5.86. The molecule has 4 nitrogen and oxygen atoms in total. The minimum Gasteiger partial charge on any atom is -0.375 e. The van der Waals surface area contributed by atoms with Crippen molar-refractivity contribution in [1.29, 1.82) is 0 Å². The molecule has 4 heteroatoms. The molecule has 2 heterocycles. The first-order chi connectivity index (χ1) is 9.65. The van der Waals surface area contributed by atoms with E-state index in [0.717, 1.165) is 18.5 Å². The van der Waals surface area contributed by atoms with E-state index in [1.807, 2.05) is 24.0 Å². The number of carbonyl (C=O) groups is 1. The van der Waals surface area contributed by atoms with Crippen LogP contribution < -0.4 is 5.32 Å². The van der Waals surface area contributed by atoms with Crippen molar-refractivity contribution < 1.29 is 9.53 Å². The van der Waals surface area contributed by atoms with Crippen molar-refractivity contribution in [3.05, 3.63) is 29.8 Å². The summed E-state index contributed by atoms with van der Waals surface area (Å²) in [6.45, 7) is 5.41. The van der Waals surface area contributed by atoms with Gasteiger partial charge >= 0.3 is 0 Å². The zero-order chi connectivity index (χ0) is 14.1. The smallest absolute Gasteiger partial charge is 0.245 e. The Morgan fingerprint density at radius 2 is 2.15 bits per heavy atom. The van der Waals surface area contributed by atoms with E-state index in [9.17, 15) is 4.79 Å². The van der Waals surface area contributed by atoms with Gasteiger partial charge in [-0.1, -0.05) is 18.2 Å². The number of nitrogens with zero attached hydrogens (tertiary/aromatic N) is 1. The number of benzene rings is 1. The third-order valence-electron chi connectivity index (χ3n) is 4.24. The van der Waals surface area contributed by atoms with E-state index >= 15 is 0 Å². The van der Waals surface area contributed by atoms with Gasteiger partial charge in [-0.25, -0.2) is 0 Å². The molecule has 1 amide bonds. The van der Waals surface area contributed by atoms with Crippen molar-refractivity contribution in [1.82, 2.24) is 4.90 Å². The Morgan fingerprint density at radius 1 is 1.35 bits per heavy atom. The number of para-hydroxylation sites is 1. The lowest BCUT2D eigenvalue weighted by molar-refractivity contribution is -0.144. The lowest BCUT2D eigenvalue weighted by atomic mass is 9.97. The molecule has 20 heavy (non-hydrogen) atoms. The summed E-state index contributed by atoms with van der Waals surface area (Å²) >= 11 is 0. The summed E-state index contributed by atoms with van der Waals surface area (Å²) in [6.07, 6.45) is 1.97. The van der Waals surface area contributed by atoms with E-state index in [-0.39, 0.29) is 24.1 Å². The fourth-order valence-electron chi connectivity index (χ4n) is 3.03. The molecule has 2 aliphatic rings. The van der Waals surface area contributed by atoms with E-state index in [1.54, 1.807) is 0 Å². The second-order valence-corrected chi connectivity index (χ2v) is 5.88. The Bertz CT molecular complexity index is 503. The van der Waals surface area contributed by atoms with Crippen LogP contribution in [-0.4, -0.2) is 42.1 Å². The molecule has 1 aromatic carbocycles. The van der Waals surface area contributed by atoms with Crippen molar-refractivity contribution in [2.45, 2.75) is 44.9 Å². The van der Waals surface area contributed by atoms with Crippen LogP contribution in [0.1, 0.15) is 25.8 Å². The molecular formula is C16H22N2O2. The summed E-state index contributed by atoms with van der Waals surface area (Å²) in [5.41, 5.74) is 2.41. The average molecular weight is 274 g/mol. The lowest BCUT2D eigenvalue weighted by Gasteiger charge is -2.39. The molecule has 0 radical (unpaired) electrons. The first-order valence-corrected chi connectivity index (χ1v) is 7.41. The summed E-state index contributed by atoms with van der Waals surface area (Å²) in [6, 6.07) is 8.31. The van der Waals surface area contributed by atoms with E-state index in [0.29, 0.717) is 13.2 Å². The third-order valence-corrected chi connectivity index (χ3v) is 4.24. The van der Waals surface area contributed by atoms with Gasteiger partial charge in [0.1, 0.15) is 6.04 Å². The maximum absolute atomic E-state index is 12.7. The number of fused-ring (bicyclic) bond motifs is 1. The second kappa shape index (κ2) is 5.44. The van der Waals surface area contributed by atoms with E-state index in [4.69, 9.17) is 4.74 Å². The molecule has 1 aromatic rings. The van der Waals surface area contributed by atoms with Crippen molar-refractivity contribution in [2.75, 3.05) is 18.5 Å². The highest BCUT2D eigenvalue weighted by atomic mass is 16.5. The van der Waals surface area contributed by atoms with Gasteiger partial charge in [-0.15, -0.1) is 0 Å². The first-order valence-electron chi connectivity index (χ1n) is 7.41. The highest BCUT2D eigenvalue weighted by Crippen LogP contribution is 2.26. The first kappa shape index (κ1) is 13.4. The monoisotopic (exact) mass is 274 g/mol. The molecule has 2 aliphatic heterocycles. The Morgan fingerprint density at radius 3 is 3.00 bits per heavy atom. The van der Waals surface area contributed by atoms with Crippen LogP contribution in [0.15, 0.2) is 24.3 Å². The summed E-state index contributed by atoms with van der Waals surface area (Å²) in [4.78, 5) is 14.7. The predicted molar refractivity (Wildman–Crippen MR) is 78.8 cm³/mol. The van der Waals surface area contributed by atoms with Crippen molar-refractivity contribution >= 4 is 11.6 Å². The third kappa shape index (κ3) is 2.52. The summed E-state index contributed by atoms with van der Waals surface area (Å²) in [5.74, 6) is 0.210. The highest BCUT2D eigenvalue weighted by Gasteiger charge is 2.33. The standard InChI is InChI=1S/C16H22N2O2/c1-11-10-20-12(2)9-18(11)16(19)15-8-7-13-5-3-4-6-14(13)17-15/h3-6,11-12,15,17H,7-10H2,1-2H3. The SMILES string of the molecule is CC1CN(C(=O)C2CCc3ccccc3N2)C(C)CO1. The molecule has 0 aromatic heterocycles. The molecular weight excluding hydrogens is 252 g/mol. The number of hydrogen-bond acceptors (Lipinski definition) is 3. The quantitative estimate of drug-likeness (QED) is 0.852. The van der Waals surface area contributed by atoms with Gasteiger partial charge in [0.2, 0.25) is 5.91 Å². The van der Waals surface area contributed by atoms with Gasteiger partial charge in [0.25, 0.3) is 0 Å². The lowest BCUT2D eigenvalue weighted by Crippen LogP contribution is -2.55. The van der Waals surface area contributed by atoms with Crippen LogP contribution in [0.4, 0.5) is 5.69 Å². The Balaban J connectivity index is 1.72. The summed E-state index contributed by atoms with van der Waals surface area (Å²) < 4.78 is 5.60. The number of amides is 1. The van der Waals surface area contributed by atoms with Crippen LogP contribution >= 0.6 is 0 Å². The van der Waals surface area contributed by atoms with Gasteiger partial charge in [-0.2, -0.15) is 0 Å². The molecule has 0 spiro atoms. The molecule has 1 N–H and O–H groups in total. The van der Waals surface area contributed by atoms with E-state index < -0.39 is 0 Å². The fourth-order valence-corrected chi connectivity index (χ4v) is 3.03. The Labute approximate surface area is 120 Å². The molecule has 1 fully saturated rings. The largest absolute Gasteiger partial charge is 0.375 e. The van der Waals surface area contributed by atoms with E-state index in [1.165, 1.54) is 5.56 Å². The average Bonchev–Trinajstić information content (AvgIpc) is 2.48. The zero-order valence-corrected chi connectivity index (χ0v) is 12.1. The number of hydrogen-bond donors (Lipinski definition) is 1. The number of rotatable bonds is 1. The Kier molecular flexibility index (Phi) is 3.66. The van der Waals surface area contributed by atoms with Crippen LogP contribution in [0.25, 0.3) is 0 Å². The van der Waals surface area contributed by atoms with Crippen LogP contribution in [0.2, 0.25) is 0 Å². The molecule has 0 saturated carbocycles. The number of nitrogens with one attached hydrogen (secondary N) is 1. The predicted octanol–water partition coefficient (Wildman–Crippen LogP) is 2.05. The number of morpholine rings is 1. The van der Waals surface area contributed by atoms with Gasteiger partial charge in [0, 0.05) is 12.2 Å². The minimum atomic E-state index is -0.0994. The fraction of sp³-hybridized carbons (Fsp3) is 0.562. The molecule has 3 atom stereocenters. The van der Waals surface area contributed by atoms with Crippen molar-refractivity contribution in [3.63, 3.8) is 0 Å². The molecule has 1 saturated heterocycles. The Hall–Kier alpha value is -1.55. The normalized spacial score (nSPS) is 29.5. The minimum absolute atomic E-state index is 0.0994. The van der Waals surface area contributed by atoms with E-state index in [2.05, 4.69) is 24.4 Å². The number of anilines is 1. The molecule has 0 aliphatic carbocycles. The molecule has 3 unspecified atom stereocenters. The number of carbonyl (C=O) groups excluding carboxylic acids is 1. The molecule has 108 valence electrons. The van der Waals surface area contributed by atoms with Crippen LogP contribution in [0.5, 0.6) is 0 Å². The number of aryl methyl sites for hydroxylation is 1. The summed E-state index contributed by atoms with van der Waals surface area (Å²) in [5, 5.41) is 3.40. The van der Waals surface area contributed by atoms with Crippen LogP contribution in [0.3, 0.4) is 0 Å². The maximum Gasteiger partial charge on any atom is 0.245 e. The topological polar surface area (TPSA) is 41.6 Å². The van der Waals surface area contributed by atoms with Gasteiger partial charge < -0.3 is 15.0 Å². The maximum atomic E-state index is 12.7. The number of ether oxygens (including phenoxy) is 1. The molecule has 3 rings (SSSR count). The zero-order valence-electron chi connectivity index (χ0n) is 12.1. The van der Waals surface area contributed by atoms with Crippen LogP contribution in [-0.2, 0) is 16.0 Å². The van der Waals surface area contributed by atoms with Gasteiger partial charge in [-0.05, 0) is 38.3 Å². The molecule has 0 bridgehead atoms. The van der Waals surface area contributed by atoms with Crippen molar-refractivity contribution in [2.24, 2.45) is 0 Å². The van der Waals surface area contributed by atoms with Crippen LogP contribution in [0, 0.1) is 0 Å². The van der Waals surface area contributed by atoms with Gasteiger partial charge in [0.15, 0.2) is 0 Å². The van der Waals surface area contributed by atoms with Gasteiger partial charge in [0.05, 0.1) is 18.8 Å². The van der Waals surface area contributed by atoms with Crippen molar-refractivity contribution in [3.8, 4) is 0 Å².